The Hall–Kier alpha value is -1.40. The fourth-order valence-corrected chi connectivity index (χ4v) is 2.56. The zero-order chi connectivity index (χ0) is 13.1. The second kappa shape index (κ2) is 5.29. The molecular weight excluding hydrogens is 242 g/mol. The Morgan fingerprint density at radius 3 is 2.65 bits per heavy atom. The molecule has 0 fully saturated rings. The molecule has 94 valence electrons. The summed E-state index contributed by atoms with van der Waals surface area (Å²) in [6.07, 6.45) is 0. The monoisotopic (exact) mass is 257 g/mol. The van der Waals surface area contributed by atoms with E-state index in [-0.39, 0.29) is 0 Å². The van der Waals surface area contributed by atoms with Crippen LogP contribution in [0.1, 0.15) is 24.1 Å². The number of aliphatic carboxylic acids is 1. The third-order valence-electron chi connectivity index (χ3n) is 2.21. The fourth-order valence-electron chi connectivity index (χ4n) is 1.48. The third kappa shape index (κ3) is 4.54. The van der Waals surface area contributed by atoms with E-state index in [2.05, 4.69) is 4.72 Å². The maximum Gasteiger partial charge on any atom is 0.320 e. The van der Waals surface area contributed by atoms with Crippen molar-refractivity contribution >= 4 is 16.0 Å². The number of benzene rings is 1. The topological polar surface area (TPSA) is 83.5 Å². The lowest BCUT2D eigenvalue weighted by Gasteiger charge is -2.14. The number of aryl methyl sites for hydroxylation is 1. The van der Waals surface area contributed by atoms with Gasteiger partial charge < -0.3 is 5.11 Å². The summed E-state index contributed by atoms with van der Waals surface area (Å²) in [4.78, 5) is 10.4. The highest BCUT2D eigenvalue weighted by atomic mass is 32.2. The number of nitrogens with one attached hydrogen (secondary N) is 1. The van der Waals surface area contributed by atoms with Crippen LogP contribution >= 0.6 is 0 Å². The van der Waals surface area contributed by atoms with E-state index in [1.165, 1.54) is 0 Å². The molecule has 1 atom stereocenters. The first-order chi connectivity index (χ1) is 7.80. The Morgan fingerprint density at radius 1 is 1.47 bits per heavy atom. The maximum atomic E-state index is 11.4. The average Bonchev–Trinajstić information content (AvgIpc) is 2.14. The van der Waals surface area contributed by atoms with Gasteiger partial charge in [-0.25, -0.2) is 13.1 Å². The Labute approximate surface area is 101 Å². The van der Waals surface area contributed by atoms with Gasteiger partial charge in [0.05, 0.1) is 0 Å². The molecule has 0 aliphatic carbocycles. The minimum absolute atomic E-state index is 0.445. The minimum atomic E-state index is -3.79. The molecule has 0 bridgehead atoms. The highest BCUT2D eigenvalue weighted by Crippen LogP contribution is 2.14. The molecule has 1 rings (SSSR count). The van der Waals surface area contributed by atoms with E-state index in [1.807, 2.05) is 25.1 Å². The van der Waals surface area contributed by atoms with E-state index >= 15 is 0 Å². The first kappa shape index (κ1) is 13.7. The maximum absolute atomic E-state index is 11.4. The van der Waals surface area contributed by atoms with Gasteiger partial charge >= 0.3 is 5.97 Å². The molecule has 1 aromatic rings. The molecule has 0 aliphatic heterocycles. The van der Waals surface area contributed by atoms with Gasteiger partial charge in [-0.15, -0.1) is 0 Å². The summed E-state index contributed by atoms with van der Waals surface area (Å²) in [6, 6.07) is 6.93. The summed E-state index contributed by atoms with van der Waals surface area (Å²) < 4.78 is 25.2. The highest BCUT2D eigenvalue weighted by Gasteiger charge is 2.19. The fraction of sp³-hybridized carbons (Fsp3) is 0.364. The molecule has 6 heteroatoms. The Bertz CT molecular complexity index is 510. The summed E-state index contributed by atoms with van der Waals surface area (Å²) in [6.45, 7) is 3.58. The first-order valence-corrected chi connectivity index (χ1v) is 6.74. The normalized spacial score (nSPS) is 13.3. The van der Waals surface area contributed by atoms with Crippen LogP contribution in [0.15, 0.2) is 24.3 Å². The summed E-state index contributed by atoms with van der Waals surface area (Å²) in [5, 5.41) is 8.46. The summed E-state index contributed by atoms with van der Waals surface area (Å²) in [7, 11) is -3.79. The number of hydrogen-bond donors (Lipinski definition) is 2. The zero-order valence-electron chi connectivity index (χ0n) is 9.67. The Balaban J connectivity index is 2.79. The number of sulfonamides is 1. The smallest absolute Gasteiger partial charge is 0.320 e. The van der Waals surface area contributed by atoms with Crippen LogP contribution in [0.25, 0.3) is 0 Å². The van der Waals surface area contributed by atoms with Crippen LogP contribution < -0.4 is 4.72 Å². The van der Waals surface area contributed by atoms with Crippen molar-refractivity contribution < 1.29 is 18.3 Å². The van der Waals surface area contributed by atoms with Crippen LogP contribution in [0.4, 0.5) is 0 Å². The van der Waals surface area contributed by atoms with Crippen LogP contribution in [0, 0.1) is 6.92 Å². The quantitative estimate of drug-likeness (QED) is 0.826. The van der Waals surface area contributed by atoms with Crippen molar-refractivity contribution in [3.8, 4) is 0 Å². The second-order valence-electron chi connectivity index (χ2n) is 3.91. The lowest BCUT2D eigenvalue weighted by atomic mass is 10.1. The Morgan fingerprint density at radius 2 is 2.12 bits per heavy atom. The Kier molecular flexibility index (Phi) is 4.25. The minimum Gasteiger partial charge on any atom is -0.480 e. The number of carboxylic acid groups (broad SMARTS) is 1. The van der Waals surface area contributed by atoms with Gasteiger partial charge in [0.15, 0.2) is 5.75 Å². The molecule has 0 unspecified atom stereocenters. The molecule has 0 aliphatic rings. The van der Waals surface area contributed by atoms with E-state index in [1.54, 1.807) is 13.0 Å². The van der Waals surface area contributed by atoms with Crippen LogP contribution in [-0.2, 0) is 14.8 Å². The van der Waals surface area contributed by atoms with Crippen LogP contribution in [0.3, 0.4) is 0 Å². The van der Waals surface area contributed by atoms with Gasteiger partial charge in [0.2, 0.25) is 10.0 Å². The number of hydrogen-bond acceptors (Lipinski definition) is 3. The van der Waals surface area contributed by atoms with Crippen LogP contribution in [0.2, 0.25) is 0 Å². The zero-order valence-corrected chi connectivity index (χ0v) is 10.5. The van der Waals surface area contributed by atoms with E-state index in [0.29, 0.717) is 0 Å². The number of carbonyl (C=O) groups is 1. The molecule has 0 saturated carbocycles. The molecular formula is C11H15NO4S. The molecule has 0 heterocycles. The van der Waals surface area contributed by atoms with Crippen molar-refractivity contribution in [2.75, 3.05) is 5.75 Å². The lowest BCUT2D eigenvalue weighted by Crippen LogP contribution is -2.32. The first-order valence-electron chi connectivity index (χ1n) is 5.08. The lowest BCUT2D eigenvalue weighted by molar-refractivity contribution is -0.134. The van der Waals surface area contributed by atoms with Gasteiger partial charge in [-0.3, -0.25) is 4.79 Å². The van der Waals surface area contributed by atoms with Gasteiger partial charge in [0.1, 0.15) is 0 Å². The van der Waals surface area contributed by atoms with Gasteiger partial charge in [-0.2, -0.15) is 0 Å². The second-order valence-corrected chi connectivity index (χ2v) is 5.66. The van der Waals surface area contributed by atoms with Gasteiger partial charge in [0.25, 0.3) is 0 Å². The van der Waals surface area contributed by atoms with E-state index in [9.17, 15) is 13.2 Å². The van der Waals surface area contributed by atoms with Crippen molar-refractivity contribution in [3.63, 3.8) is 0 Å². The number of carboxylic acids is 1. The van der Waals surface area contributed by atoms with Gasteiger partial charge in [0, 0.05) is 6.04 Å². The molecule has 17 heavy (non-hydrogen) atoms. The average molecular weight is 257 g/mol. The van der Waals surface area contributed by atoms with Crippen molar-refractivity contribution in [1.29, 1.82) is 0 Å². The van der Waals surface area contributed by atoms with Crippen molar-refractivity contribution in [3.05, 3.63) is 35.4 Å². The summed E-state index contributed by atoms with van der Waals surface area (Å²) in [5.74, 6) is -2.28. The largest absolute Gasteiger partial charge is 0.480 e. The van der Waals surface area contributed by atoms with Crippen molar-refractivity contribution in [1.82, 2.24) is 4.72 Å². The highest BCUT2D eigenvalue weighted by molar-refractivity contribution is 7.90. The predicted molar refractivity (Wildman–Crippen MR) is 64.2 cm³/mol. The molecule has 0 aromatic heterocycles. The van der Waals surface area contributed by atoms with E-state index in [4.69, 9.17) is 5.11 Å². The third-order valence-corrected chi connectivity index (χ3v) is 3.55. The van der Waals surface area contributed by atoms with E-state index < -0.39 is 27.8 Å². The molecule has 0 saturated heterocycles. The molecule has 0 radical (unpaired) electrons. The molecule has 1 aromatic carbocycles. The van der Waals surface area contributed by atoms with Crippen LogP contribution in [-0.4, -0.2) is 25.2 Å². The van der Waals surface area contributed by atoms with Crippen molar-refractivity contribution in [2.24, 2.45) is 0 Å². The molecule has 0 spiro atoms. The SMILES string of the molecule is Cc1cccc([C@@H](C)NS(=O)(=O)CC(=O)O)c1. The number of rotatable bonds is 5. The van der Waals surface area contributed by atoms with Gasteiger partial charge in [-0.05, 0) is 19.4 Å². The standard InChI is InChI=1S/C11H15NO4S/c1-8-4-3-5-10(6-8)9(2)12-17(15,16)7-11(13)14/h3-6,9,12H,7H2,1-2H3,(H,13,14)/t9-/m1/s1. The molecule has 2 N–H and O–H groups in total. The van der Waals surface area contributed by atoms with Gasteiger partial charge in [-0.1, -0.05) is 29.8 Å². The summed E-state index contributed by atoms with van der Waals surface area (Å²) in [5.41, 5.74) is 1.82. The molecule has 0 amide bonds. The summed E-state index contributed by atoms with van der Waals surface area (Å²) >= 11 is 0. The predicted octanol–water partition coefficient (Wildman–Crippen LogP) is 1.06. The van der Waals surface area contributed by atoms with Crippen molar-refractivity contribution in [2.45, 2.75) is 19.9 Å². The van der Waals surface area contributed by atoms with E-state index in [0.717, 1.165) is 11.1 Å². The van der Waals surface area contributed by atoms with Crippen LogP contribution in [0.5, 0.6) is 0 Å². The molecule has 5 nitrogen and oxygen atoms in total.